The number of terminal acetylenes is 1. The van der Waals surface area contributed by atoms with E-state index in [9.17, 15) is 0 Å². The van der Waals surface area contributed by atoms with Crippen LogP contribution in [0.2, 0.25) is 0 Å². The Morgan fingerprint density at radius 1 is 1.40 bits per heavy atom. The molecule has 2 nitrogen and oxygen atoms in total. The summed E-state index contributed by atoms with van der Waals surface area (Å²) in [7, 11) is 0. The molecule has 0 heterocycles. The fourth-order valence-electron chi connectivity index (χ4n) is 1.45. The number of hydrogen-bond donors (Lipinski definition) is 2. The lowest BCUT2D eigenvalue weighted by molar-refractivity contribution is 0.518. The predicted molar refractivity (Wildman–Crippen MR) is 64.4 cm³/mol. The lowest BCUT2D eigenvalue weighted by Gasteiger charge is -2.19. The van der Waals surface area contributed by atoms with Gasteiger partial charge in [-0.15, -0.1) is 6.42 Å². The van der Waals surface area contributed by atoms with E-state index in [1.807, 2.05) is 6.92 Å². The molecule has 3 N–H and O–H groups in total. The van der Waals surface area contributed by atoms with Gasteiger partial charge in [0.25, 0.3) is 0 Å². The van der Waals surface area contributed by atoms with Crippen LogP contribution < -0.4 is 11.1 Å². The summed E-state index contributed by atoms with van der Waals surface area (Å²) in [5, 5.41) is 3.29. The lowest BCUT2D eigenvalue weighted by Crippen LogP contribution is -2.34. The van der Waals surface area contributed by atoms with Gasteiger partial charge in [-0.05, 0) is 19.4 Å². The van der Waals surface area contributed by atoms with Gasteiger partial charge in [-0.1, -0.05) is 35.7 Å². The molecule has 0 radical (unpaired) electrons. The van der Waals surface area contributed by atoms with Crippen LogP contribution >= 0.6 is 0 Å². The molecule has 0 aliphatic carbocycles. The highest BCUT2D eigenvalue weighted by Gasteiger charge is 2.10. The second kappa shape index (κ2) is 5.55. The molecule has 80 valence electrons. The molecule has 0 fully saturated rings. The molecule has 1 rings (SSSR count). The number of aryl methyl sites for hydroxylation is 1. The molecule has 0 spiro atoms. The molecule has 1 aromatic rings. The second-order valence-corrected chi connectivity index (χ2v) is 3.75. The van der Waals surface area contributed by atoms with Crippen molar-refractivity contribution in [2.75, 3.05) is 6.54 Å². The standard InChI is InChI=1S/C13H18N2/c1-4-11(3)15-13(9-14)12-7-5-10(2)6-8-12/h1,5-8,11,13,15H,9,14H2,2-3H3. The molecule has 0 bridgehead atoms. The molecule has 0 saturated carbocycles. The van der Waals surface area contributed by atoms with Crippen LogP contribution in [0.4, 0.5) is 0 Å². The molecule has 0 aliphatic rings. The highest BCUT2D eigenvalue weighted by atomic mass is 15.0. The van der Waals surface area contributed by atoms with E-state index in [4.69, 9.17) is 12.2 Å². The van der Waals surface area contributed by atoms with Gasteiger partial charge in [0.2, 0.25) is 0 Å². The van der Waals surface area contributed by atoms with E-state index in [1.165, 1.54) is 11.1 Å². The fourth-order valence-corrected chi connectivity index (χ4v) is 1.45. The van der Waals surface area contributed by atoms with Gasteiger partial charge in [0.1, 0.15) is 0 Å². The van der Waals surface area contributed by atoms with Crippen LogP contribution in [0.1, 0.15) is 24.1 Å². The van der Waals surface area contributed by atoms with Crippen molar-refractivity contribution in [2.24, 2.45) is 5.73 Å². The molecule has 2 heteroatoms. The molecule has 2 atom stereocenters. The molecule has 0 aromatic heterocycles. The number of benzene rings is 1. The minimum Gasteiger partial charge on any atom is -0.329 e. The molecular weight excluding hydrogens is 184 g/mol. The summed E-state index contributed by atoms with van der Waals surface area (Å²) < 4.78 is 0. The van der Waals surface area contributed by atoms with Crippen molar-refractivity contribution in [1.29, 1.82) is 0 Å². The van der Waals surface area contributed by atoms with Crippen LogP contribution in [0.25, 0.3) is 0 Å². The zero-order valence-corrected chi connectivity index (χ0v) is 9.33. The van der Waals surface area contributed by atoms with Gasteiger partial charge >= 0.3 is 0 Å². The van der Waals surface area contributed by atoms with Crippen molar-refractivity contribution >= 4 is 0 Å². The van der Waals surface area contributed by atoms with E-state index >= 15 is 0 Å². The van der Waals surface area contributed by atoms with E-state index in [2.05, 4.69) is 42.4 Å². The zero-order valence-electron chi connectivity index (χ0n) is 9.33. The third-order valence-electron chi connectivity index (χ3n) is 2.42. The first-order valence-electron chi connectivity index (χ1n) is 5.16. The average molecular weight is 202 g/mol. The Labute approximate surface area is 91.9 Å². The lowest BCUT2D eigenvalue weighted by atomic mass is 10.0. The quantitative estimate of drug-likeness (QED) is 0.728. The number of rotatable bonds is 4. The maximum atomic E-state index is 5.71. The van der Waals surface area contributed by atoms with Crippen molar-refractivity contribution in [2.45, 2.75) is 25.9 Å². The van der Waals surface area contributed by atoms with Gasteiger partial charge in [0.15, 0.2) is 0 Å². The summed E-state index contributed by atoms with van der Waals surface area (Å²) in [6, 6.07) is 8.52. The minimum atomic E-state index is 0.0415. The Hall–Kier alpha value is -1.30. The molecule has 0 amide bonds. The first kappa shape index (κ1) is 11.8. The van der Waals surface area contributed by atoms with Crippen LogP contribution in [0, 0.1) is 19.3 Å². The van der Waals surface area contributed by atoms with Gasteiger partial charge in [0, 0.05) is 12.6 Å². The molecule has 0 aliphatic heterocycles. The minimum absolute atomic E-state index is 0.0415. The monoisotopic (exact) mass is 202 g/mol. The summed E-state index contributed by atoms with van der Waals surface area (Å²) in [5.74, 6) is 2.64. The van der Waals surface area contributed by atoms with Crippen molar-refractivity contribution in [3.05, 3.63) is 35.4 Å². The van der Waals surface area contributed by atoms with Crippen LogP contribution in [0.3, 0.4) is 0 Å². The summed E-state index contributed by atoms with van der Waals surface area (Å²) in [4.78, 5) is 0. The fraction of sp³-hybridized carbons (Fsp3) is 0.385. The van der Waals surface area contributed by atoms with Crippen molar-refractivity contribution in [3.63, 3.8) is 0 Å². The Morgan fingerprint density at radius 2 is 2.00 bits per heavy atom. The maximum absolute atomic E-state index is 5.71. The van der Waals surface area contributed by atoms with Gasteiger partial charge in [-0.25, -0.2) is 0 Å². The van der Waals surface area contributed by atoms with Gasteiger partial charge in [0.05, 0.1) is 6.04 Å². The molecule has 0 saturated heterocycles. The van der Waals surface area contributed by atoms with Gasteiger partial charge in [-0.3, -0.25) is 5.32 Å². The summed E-state index contributed by atoms with van der Waals surface area (Å²) in [6.07, 6.45) is 5.32. The molecule has 2 unspecified atom stereocenters. The molecule has 1 aromatic carbocycles. The Bertz CT molecular complexity index is 335. The third-order valence-corrected chi connectivity index (χ3v) is 2.42. The third kappa shape index (κ3) is 3.39. The Morgan fingerprint density at radius 3 is 2.47 bits per heavy atom. The highest BCUT2D eigenvalue weighted by Crippen LogP contribution is 2.13. The van der Waals surface area contributed by atoms with E-state index in [0.29, 0.717) is 6.54 Å². The predicted octanol–water partition coefficient (Wildman–Crippen LogP) is 1.61. The SMILES string of the molecule is C#CC(C)NC(CN)c1ccc(C)cc1. The topological polar surface area (TPSA) is 38.0 Å². The smallest absolute Gasteiger partial charge is 0.0663 e. The number of nitrogens with two attached hydrogens (primary N) is 1. The Balaban J connectivity index is 2.75. The van der Waals surface area contributed by atoms with Crippen LogP contribution in [-0.2, 0) is 0 Å². The second-order valence-electron chi connectivity index (χ2n) is 3.75. The zero-order chi connectivity index (χ0) is 11.3. The maximum Gasteiger partial charge on any atom is 0.0663 e. The molecular formula is C13H18N2. The summed E-state index contributed by atoms with van der Waals surface area (Å²) in [5.41, 5.74) is 8.15. The van der Waals surface area contributed by atoms with Crippen molar-refractivity contribution < 1.29 is 0 Å². The van der Waals surface area contributed by atoms with Crippen LogP contribution in [0.15, 0.2) is 24.3 Å². The molecule has 15 heavy (non-hydrogen) atoms. The highest BCUT2D eigenvalue weighted by molar-refractivity contribution is 5.24. The first-order chi connectivity index (χ1) is 7.17. The summed E-state index contributed by atoms with van der Waals surface area (Å²) >= 11 is 0. The van der Waals surface area contributed by atoms with Crippen LogP contribution in [0.5, 0.6) is 0 Å². The van der Waals surface area contributed by atoms with Crippen LogP contribution in [-0.4, -0.2) is 12.6 Å². The van der Waals surface area contributed by atoms with Crippen molar-refractivity contribution in [3.8, 4) is 12.3 Å². The summed E-state index contributed by atoms with van der Waals surface area (Å²) in [6.45, 7) is 4.57. The first-order valence-corrected chi connectivity index (χ1v) is 5.16. The average Bonchev–Trinajstić information content (AvgIpc) is 2.27. The van der Waals surface area contributed by atoms with E-state index < -0.39 is 0 Å². The normalized spacial score (nSPS) is 14.3. The van der Waals surface area contributed by atoms with Gasteiger partial charge < -0.3 is 5.73 Å². The largest absolute Gasteiger partial charge is 0.329 e. The number of hydrogen-bond acceptors (Lipinski definition) is 2. The van der Waals surface area contributed by atoms with Gasteiger partial charge in [-0.2, -0.15) is 0 Å². The number of nitrogens with one attached hydrogen (secondary N) is 1. The van der Waals surface area contributed by atoms with Crippen molar-refractivity contribution in [1.82, 2.24) is 5.32 Å². The van der Waals surface area contributed by atoms with E-state index in [-0.39, 0.29) is 12.1 Å². The Kier molecular flexibility index (Phi) is 4.36. The van der Waals surface area contributed by atoms with E-state index in [1.54, 1.807) is 0 Å². The van der Waals surface area contributed by atoms with E-state index in [0.717, 1.165) is 0 Å².